The molecular formula is C13H16ClNO2. The zero-order chi connectivity index (χ0) is 12.8. The maximum absolute atomic E-state index is 11.3. The van der Waals surface area contributed by atoms with Crippen LogP contribution < -0.4 is 5.32 Å². The number of rotatable bonds is 5. The second-order valence-electron chi connectivity index (χ2n) is 3.61. The Morgan fingerprint density at radius 1 is 1.53 bits per heavy atom. The van der Waals surface area contributed by atoms with Crippen LogP contribution in [0, 0.1) is 6.92 Å². The predicted molar refractivity (Wildman–Crippen MR) is 70.5 cm³/mol. The Morgan fingerprint density at radius 3 is 2.82 bits per heavy atom. The van der Waals surface area contributed by atoms with Gasteiger partial charge in [-0.05, 0) is 25.5 Å². The van der Waals surface area contributed by atoms with Crippen LogP contribution in [0.3, 0.4) is 0 Å². The van der Waals surface area contributed by atoms with Gasteiger partial charge in [0.15, 0.2) is 0 Å². The molecule has 4 heteroatoms. The maximum atomic E-state index is 11.3. The van der Waals surface area contributed by atoms with Crippen molar-refractivity contribution in [2.75, 3.05) is 18.5 Å². The fourth-order valence-corrected chi connectivity index (χ4v) is 1.64. The lowest BCUT2D eigenvalue weighted by molar-refractivity contribution is -0.138. The fourth-order valence-electron chi connectivity index (χ4n) is 1.36. The summed E-state index contributed by atoms with van der Waals surface area (Å²) in [7, 11) is 0. The van der Waals surface area contributed by atoms with Crippen LogP contribution in [-0.2, 0) is 9.53 Å². The van der Waals surface area contributed by atoms with Crippen LogP contribution in [0.1, 0.15) is 12.5 Å². The summed E-state index contributed by atoms with van der Waals surface area (Å²) in [4.78, 5) is 11.3. The second kappa shape index (κ2) is 6.30. The Balaban J connectivity index is 2.62. The summed E-state index contributed by atoms with van der Waals surface area (Å²) in [6, 6.07) is 5.62. The van der Waals surface area contributed by atoms with Crippen LogP contribution in [0.4, 0.5) is 5.69 Å². The van der Waals surface area contributed by atoms with E-state index >= 15 is 0 Å². The van der Waals surface area contributed by atoms with Crippen LogP contribution in [0.2, 0.25) is 5.02 Å². The third-order valence-corrected chi connectivity index (χ3v) is 2.58. The molecule has 0 radical (unpaired) electrons. The zero-order valence-electron chi connectivity index (χ0n) is 10.0. The van der Waals surface area contributed by atoms with Crippen molar-refractivity contribution < 1.29 is 9.53 Å². The number of aryl methyl sites for hydroxylation is 1. The van der Waals surface area contributed by atoms with Crippen LogP contribution >= 0.6 is 11.6 Å². The largest absolute Gasteiger partial charge is 0.463 e. The van der Waals surface area contributed by atoms with Crippen molar-refractivity contribution in [1.82, 2.24) is 0 Å². The summed E-state index contributed by atoms with van der Waals surface area (Å²) in [5.74, 6) is -0.385. The summed E-state index contributed by atoms with van der Waals surface area (Å²) < 4.78 is 4.84. The van der Waals surface area contributed by atoms with Crippen molar-refractivity contribution >= 4 is 23.3 Å². The molecule has 17 heavy (non-hydrogen) atoms. The minimum atomic E-state index is -0.385. The average Bonchev–Trinajstić information content (AvgIpc) is 2.28. The number of halogens is 1. The second-order valence-corrected chi connectivity index (χ2v) is 4.02. The summed E-state index contributed by atoms with van der Waals surface area (Å²) >= 11 is 6.05. The Kier molecular flexibility index (Phi) is 5.04. The number of para-hydroxylation sites is 1. The van der Waals surface area contributed by atoms with Gasteiger partial charge in [0, 0.05) is 12.1 Å². The van der Waals surface area contributed by atoms with Gasteiger partial charge in [-0.1, -0.05) is 30.3 Å². The van der Waals surface area contributed by atoms with Crippen molar-refractivity contribution in [3.8, 4) is 0 Å². The molecule has 0 unspecified atom stereocenters. The monoisotopic (exact) mass is 253 g/mol. The quantitative estimate of drug-likeness (QED) is 0.647. The molecule has 3 nitrogen and oxygen atoms in total. The Labute approximate surface area is 106 Å². The highest BCUT2D eigenvalue weighted by molar-refractivity contribution is 6.33. The van der Waals surface area contributed by atoms with Crippen molar-refractivity contribution in [2.45, 2.75) is 13.8 Å². The van der Waals surface area contributed by atoms with E-state index in [1.54, 1.807) is 13.0 Å². The molecular weight excluding hydrogens is 238 g/mol. The number of hydrogen-bond acceptors (Lipinski definition) is 3. The van der Waals surface area contributed by atoms with E-state index in [4.69, 9.17) is 16.3 Å². The Bertz CT molecular complexity index is 409. The van der Waals surface area contributed by atoms with Gasteiger partial charge in [0.05, 0.1) is 17.3 Å². The molecule has 0 heterocycles. The molecule has 0 bridgehead atoms. The Hall–Kier alpha value is -1.48. The first-order valence-electron chi connectivity index (χ1n) is 5.40. The molecule has 1 rings (SSSR count). The van der Waals surface area contributed by atoms with E-state index in [2.05, 4.69) is 11.9 Å². The highest BCUT2D eigenvalue weighted by atomic mass is 35.5. The van der Waals surface area contributed by atoms with Gasteiger partial charge in [-0.3, -0.25) is 0 Å². The lowest BCUT2D eigenvalue weighted by Gasteiger charge is -2.12. The fraction of sp³-hybridized carbons (Fsp3) is 0.308. The SMILES string of the molecule is C=C(CNc1c(C)cccc1Cl)C(=O)OCC. The van der Waals surface area contributed by atoms with Gasteiger partial charge in [-0.25, -0.2) is 4.79 Å². The average molecular weight is 254 g/mol. The van der Waals surface area contributed by atoms with Gasteiger partial charge in [0.25, 0.3) is 0 Å². The van der Waals surface area contributed by atoms with Crippen molar-refractivity contribution in [3.05, 3.63) is 40.9 Å². The minimum absolute atomic E-state index is 0.323. The number of esters is 1. The van der Waals surface area contributed by atoms with E-state index in [1.807, 2.05) is 19.1 Å². The third-order valence-electron chi connectivity index (χ3n) is 2.26. The van der Waals surface area contributed by atoms with Gasteiger partial charge in [0.2, 0.25) is 0 Å². The van der Waals surface area contributed by atoms with Gasteiger partial charge < -0.3 is 10.1 Å². The van der Waals surface area contributed by atoms with Gasteiger partial charge >= 0.3 is 5.97 Å². The lowest BCUT2D eigenvalue weighted by Crippen LogP contribution is -2.15. The van der Waals surface area contributed by atoms with Gasteiger partial charge in [0.1, 0.15) is 0 Å². The molecule has 0 atom stereocenters. The van der Waals surface area contributed by atoms with Crippen LogP contribution in [0.25, 0.3) is 0 Å². The van der Waals surface area contributed by atoms with Gasteiger partial charge in [-0.2, -0.15) is 0 Å². The number of anilines is 1. The van der Waals surface area contributed by atoms with Crippen molar-refractivity contribution in [2.24, 2.45) is 0 Å². The number of carbonyl (C=O) groups excluding carboxylic acids is 1. The highest BCUT2D eigenvalue weighted by Crippen LogP contribution is 2.25. The first kappa shape index (κ1) is 13.6. The van der Waals surface area contributed by atoms with Crippen LogP contribution in [-0.4, -0.2) is 19.1 Å². The first-order chi connectivity index (χ1) is 8.06. The topological polar surface area (TPSA) is 38.3 Å². The molecule has 0 aromatic heterocycles. The normalized spacial score (nSPS) is 9.82. The smallest absolute Gasteiger partial charge is 0.335 e. The zero-order valence-corrected chi connectivity index (χ0v) is 10.8. The molecule has 1 N–H and O–H groups in total. The predicted octanol–water partition coefficient (Wildman–Crippen LogP) is 3.18. The number of hydrogen-bond donors (Lipinski definition) is 1. The van der Waals surface area contributed by atoms with Crippen molar-refractivity contribution in [1.29, 1.82) is 0 Å². The highest BCUT2D eigenvalue weighted by Gasteiger charge is 2.09. The van der Waals surface area contributed by atoms with E-state index in [9.17, 15) is 4.79 Å². The number of benzene rings is 1. The molecule has 0 spiro atoms. The molecule has 0 saturated heterocycles. The van der Waals surface area contributed by atoms with Crippen LogP contribution in [0.15, 0.2) is 30.4 Å². The maximum Gasteiger partial charge on any atom is 0.335 e. The molecule has 92 valence electrons. The van der Waals surface area contributed by atoms with Crippen molar-refractivity contribution in [3.63, 3.8) is 0 Å². The van der Waals surface area contributed by atoms with Gasteiger partial charge in [-0.15, -0.1) is 0 Å². The molecule has 0 saturated carbocycles. The van der Waals surface area contributed by atoms with E-state index in [1.165, 1.54) is 0 Å². The molecule has 1 aromatic rings. The number of carbonyl (C=O) groups is 1. The number of ether oxygens (including phenoxy) is 1. The minimum Gasteiger partial charge on any atom is -0.463 e. The summed E-state index contributed by atoms with van der Waals surface area (Å²) in [6.45, 7) is 8.05. The van der Waals surface area contributed by atoms with Crippen LogP contribution in [0.5, 0.6) is 0 Å². The standard InChI is InChI=1S/C13H16ClNO2/c1-4-17-13(16)10(3)8-15-12-9(2)6-5-7-11(12)14/h5-7,15H,3-4,8H2,1-2H3. The van der Waals surface area contributed by atoms with E-state index in [-0.39, 0.29) is 5.97 Å². The molecule has 0 aliphatic rings. The molecule has 0 aliphatic carbocycles. The Morgan fingerprint density at radius 2 is 2.24 bits per heavy atom. The lowest BCUT2D eigenvalue weighted by atomic mass is 10.2. The van der Waals surface area contributed by atoms with E-state index < -0.39 is 0 Å². The molecule has 0 aliphatic heterocycles. The summed E-state index contributed by atoms with van der Waals surface area (Å²) in [6.07, 6.45) is 0. The third kappa shape index (κ3) is 3.79. The van der Waals surface area contributed by atoms with E-state index in [0.29, 0.717) is 23.7 Å². The molecule has 0 amide bonds. The summed E-state index contributed by atoms with van der Waals surface area (Å²) in [5.41, 5.74) is 2.22. The first-order valence-corrected chi connectivity index (χ1v) is 5.78. The molecule has 1 aromatic carbocycles. The number of nitrogens with one attached hydrogen (secondary N) is 1. The summed E-state index contributed by atoms with van der Waals surface area (Å²) in [5, 5.41) is 3.71. The van der Waals surface area contributed by atoms with E-state index in [0.717, 1.165) is 11.3 Å². The molecule has 0 fully saturated rings.